The first-order valence-corrected chi connectivity index (χ1v) is 3.10. The monoisotopic (exact) mass is 122 g/mol. The zero-order chi connectivity index (χ0) is 5.33. The number of rotatable bonds is 0. The van der Waals surface area contributed by atoms with E-state index in [-0.39, 0.29) is 6.61 Å². The van der Waals surface area contributed by atoms with Crippen molar-refractivity contribution in [2.75, 3.05) is 12.5 Å². The molecule has 0 saturated carbocycles. The summed E-state index contributed by atoms with van der Waals surface area (Å²) in [6, 6.07) is 0. The molecule has 0 spiro atoms. The summed E-state index contributed by atoms with van der Waals surface area (Å²) in [5, 5.41) is -1.11. The standard InChI is InChI=1S/C4H7FOS/c1-4(5)2-6-3-7-4/h2-3H2,1H3. The summed E-state index contributed by atoms with van der Waals surface area (Å²) in [5.74, 6) is 0.507. The van der Waals surface area contributed by atoms with Crippen molar-refractivity contribution in [2.45, 2.75) is 11.9 Å². The van der Waals surface area contributed by atoms with Crippen LogP contribution in [0.3, 0.4) is 0 Å². The Morgan fingerprint density at radius 2 is 2.57 bits per heavy atom. The van der Waals surface area contributed by atoms with Crippen LogP contribution in [0.2, 0.25) is 0 Å². The second-order valence-electron chi connectivity index (χ2n) is 1.71. The zero-order valence-corrected chi connectivity index (χ0v) is 4.93. The molecule has 1 unspecified atom stereocenters. The Kier molecular flexibility index (Phi) is 1.26. The molecule has 0 aliphatic carbocycles. The molecule has 0 N–H and O–H groups in total. The highest BCUT2D eigenvalue weighted by Crippen LogP contribution is 2.32. The summed E-state index contributed by atoms with van der Waals surface area (Å²) in [6.45, 7) is 1.78. The van der Waals surface area contributed by atoms with Gasteiger partial charge < -0.3 is 4.74 Å². The van der Waals surface area contributed by atoms with Crippen LogP contribution in [0, 0.1) is 0 Å². The maximum Gasteiger partial charge on any atom is 0.178 e. The fourth-order valence-electron chi connectivity index (χ4n) is 0.430. The van der Waals surface area contributed by atoms with Crippen molar-refractivity contribution >= 4 is 11.8 Å². The second-order valence-corrected chi connectivity index (χ2v) is 3.09. The normalized spacial score (nSPS) is 42.0. The molecule has 0 aromatic heterocycles. The maximum atomic E-state index is 12.4. The molecule has 1 atom stereocenters. The SMILES string of the molecule is CC1(F)COCS1. The van der Waals surface area contributed by atoms with Gasteiger partial charge in [0.1, 0.15) is 0 Å². The van der Waals surface area contributed by atoms with Gasteiger partial charge in [0.15, 0.2) is 5.00 Å². The molecule has 0 aromatic carbocycles. The van der Waals surface area contributed by atoms with Gasteiger partial charge in [0.2, 0.25) is 0 Å². The van der Waals surface area contributed by atoms with Crippen LogP contribution in [0.5, 0.6) is 0 Å². The van der Waals surface area contributed by atoms with Gasteiger partial charge in [0.25, 0.3) is 0 Å². The Bertz CT molecular complexity index is 66.1. The van der Waals surface area contributed by atoms with Crippen LogP contribution in [0.4, 0.5) is 4.39 Å². The first-order valence-electron chi connectivity index (χ1n) is 2.11. The Labute approximate surface area is 46.2 Å². The molecule has 7 heavy (non-hydrogen) atoms. The van der Waals surface area contributed by atoms with E-state index < -0.39 is 5.00 Å². The second kappa shape index (κ2) is 1.63. The lowest BCUT2D eigenvalue weighted by Crippen LogP contribution is -2.11. The summed E-state index contributed by atoms with van der Waals surface area (Å²) >= 11 is 1.21. The molecule has 1 heterocycles. The van der Waals surface area contributed by atoms with Crippen LogP contribution in [0.15, 0.2) is 0 Å². The minimum atomic E-state index is -1.11. The molecule has 0 radical (unpaired) electrons. The van der Waals surface area contributed by atoms with Gasteiger partial charge in [-0.1, -0.05) is 11.8 Å². The van der Waals surface area contributed by atoms with Gasteiger partial charge in [-0.25, -0.2) is 4.39 Å². The van der Waals surface area contributed by atoms with E-state index in [1.165, 1.54) is 18.7 Å². The van der Waals surface area contributed by atoms with Gasteiger partial charge in [-0.05, 0) is 6.92 Å². The molecule has 42 valence electrons. The fraction of sp³-hybridized carbons (Fsp3) is 1.00. The van der Waals surface area contributed by atoms with Gasteiger partial charge >= 0.3 is 0 Å². The molecule has 1 aliphatic heterocycles. The number of ether oxygens (including phenoxy) is 1. The molecular weight excluding hydrogens is 115 g/mol. The number of hydrogen-bond donors (Lipinski definition) is 0. The van der Waals surface area contributed by atoms with Gasteiger partial charge in [-0.15, -0.1) is 0 Å². The number of alkyl halides is 1. The Balaban J connectivity index is 2.40. The van der Waals surface area contributed by atoms with Crippen molar-refractivity contribution in [3.05, 3.63) is 0 Å². The van der Waals surface area contributed by atoms with Crippen molar-refractivity contribution < 1.29 is 9.13 Å². The summed E-state index contributed by atoms with van der Waals surface area (Å²) in [6.07, 6.45) is 0. The number of thioether (sulfide) groups is 1. The third-order valence-corrected chi connectivity index (χ3v) is 1.81. The summed E-state index contributed by atoms with van der Waals surface area (Å²) in [4.78, 5) is 0. The fourth-order valence-corrected chi connectivity index (χ4v) is 1.01. The van der Waals surface area contributed by atoms with Crippen molar-refractivity contribution in [2.24, 2.45) is 0 Å². The van der Waals surface area contributed by atoms with E-state index in [0.717, 1.165) is 0 Å². The first kappa shape index (κ1) is 5.38. The first-order chi connectivity index (χ1) is 3.21. The summed E-state index contributed by atoms with van der Waals surface area (Å²) < 4.78 is 17.2. The van der Waals surface area contributed by atoms with E-state index in [1.54, 1.807) is 0 Å². The van der Waals surface area contributed by atoms with Gasteiger partial charge in [0, 0.05) is 0 Å². The molecule has 0 bridgehead atoms. The van der Waals surface area contributed by atoms with Crippen LogP contribution >= 0.6 is 11.8 Å². The summed E-state index contributed by atoms with van der Waals surface area (Å²) in [5.41, 5.74) is 0. The van der Waals surface area contributed by atoms with E-state index in [0.29, 0.717) is 5.94 Å². The van der Waals surface area contributed by atoms with E-state index in [9.17, 15) is 4.39 Å². The van der Waals surface area contributed by atoms with E-state index in [2.05, 4.69) is 0 Å². The molecule has 0 aromatic rings. The van der Waals surface area contributed by atoms with Gasteiger partial charge in [-0.2, -0.15) is 0 Å². The average molecular weight is 122 g/mol. The average Bonchev–Trinajstić information content (AvgIpc) is 1.84. The zero-order valence-electron chi connectivity index (χ0n) is 4.11. The van der Waals surface area contributed by atoms with E-state index >= 15 is 0 Å². The van der Waals surface area contributed by atoms with Gasteiger partial charge in [0.05, 0.1) is 12.5 Å². The Morgan fingerprint density at radius 3 is 2.71 bits per heavy atom. The molecular formula is C4H7FOS. The van der Waals surface area contributed by atoms with Crippen LogP contribution in [0.1, 0.15) is 6.92 Å². The Morgan fingerprint density at radius 1 is 1.86 bits per heavy atom. The lowest BCUT2D eigenvalue weighted by Gasteiger charge is -2.04. The Hall–Kier alpha value is 0.240. The van der Waals surface area contributed by atoms with E-state index in [1.807, 2.05) is 0 Å². The van der Waals surface area contributed by atoms with E-state index in [4.69, 9.17) is 4.74 Å². The largest absolute Gasteiger partial charge is 0.366 e. The predicted molar refractivity (Wildman–Crippen MR) is 27.9 cm³/mol. The minimum Gasteiger partial charge on any atom is -0.366 e. The number of halogens is 1. The highest BCUT2D eigenvalue weighted by atomic mass is 32.2. The number of hydrogen-bond acceptors (Lipinski definition) is 2. The summed E-state index contributed by atoms with van der Waals surface area (Å²) in [7, 11) is 0. The highest BCUT2D eigenvalue weighted by molar-refractivity contribution is 8.00. The smallest absolute Gasteiger partial charge is 0.178 e. The third kappa shape index (κ3) is 1.31. The predicted octanol–water partition coefficient (Wildman–Crippen LogP) is 1.39. The third-order valence-electron chi connectivity index (χ3n) is 0.803. The maximum absolute atomic E-state index is 12.4. The van der Waals surface area contributed by atoms with Crippen LogP contribution in [-0.2, 0) is 4.74 Å². The van der Waals surface area contributed by atoms with Gasteiger partial charge in [-0.3, -0.25) is 0 Å². The molecule has 1 fully saturated rings. The molecule has 0 amide bonds. The topological polar surface area (TPSA) is 9.23 Å². The van der Waals surface area contributed by atoms with Crippen LogP contribution < -0.4 is 0 Å². The lowest BCUT2D eigenvalue weighted by molar-refractivity contribution is 0.132. The van der Waals surface area contributed by atoms with Crippen molar-refractivity contribution in [1.82, 2.24) is 0 Å². The minimum absolute atomic E-state index is 0.248. The molecule has 1 aliphatic rings. The lowest BCUT2D eigenvalue weighted by atomic mass is 10.5. The molecule has 3 heteroatoms. The quantitative estimate of drug-likeness (QED) is 0.480. The highest BCUT2D eigenvalue weighted by Gasteiger charge is 2.29. The van der Waals surface area contributed by atoms with Crippen LogP contribution in [0.25, 0.3) is 0 Å². The van der Waals surface area contributed by atoms with Crippen LogP contribution in [-0.4, -0.2) is 17.5 Å². The molecule has 1 nitrogen and oxygen atoms in total. The van der Waals surface area contributed by atoms with Crippen molar-refractivity contribution in [3.8, 4) is 0 Å². The van der Waals surface area contributed by atoms with Crippen molar-refractivity contribution in [1.29, 1.82) is 0 Å². The van der Waals surface area contributed by atoms with Crippen molar-refractivity contribution in [3.63, 3.8) is 0 Å². The molecule has 1 rings (SSSR count). The molecule has 1 saturated heterocycles.